The number of carbonyl (C=O) groups excluding carboxylic acids is 1. The number of hydrogen-bond donors (Lipinski definition) is 0. The van der Waals surface area contributed by atoms with Gasteiger partial charge in [-0.3, -0.25) is 4.79 Å². The second-order valence-corrected chi connectivity index (χ2v) is 2.85. The number of hydrogen-bond acceptors (Lipinski definition) is 2. The second kappa shape index (κ2) is 3.59. The minimum Gasteiger partial charge on any atom is -0.465 e. The summed E-state index contributed by atoms with van der Waals surface area (Å²) < 4.78 is 4.97. The smallest absolute Gasteiger partial charge is 0.305 e. The van der Waals surface area contributed by atoms with Crippen molar-refractivity contribution in [1.82, 2.24) is 0 Å². The highest BCUT2D eigenvalue weighted by molar-refractivity contribution is 5.69. The van der Waals surface area contributed by atoms with Gasteiger partial charge in [0.2, 0.25) is 0 Å². The van der Waals surface area contributed by atoms with E-state index in [0.717, 1.165) is 19.3 Å². The minimum absolute atomic E-state index is 0.0176. The summed E-state index contributed by atoms with van der Waals surface area (Å²) in [5.74, 6) is 0.599. The van der Waals surface area contributed by atoms with E-state index in [1.54, 1.807) is 0 Å². The van der Waals surface area contributed by atoms with E-state index in [1.807, 2.05) is 0 Å². The molecule has 0 amide bonds. The zero-order chi connectivity index (χ0) is 7.40. The first-order valence-corrected chi connectivity index (χ1v) is 3.98. The van der Waals surface area contributed by atoms with Crippen molar-refractivity contribution in [2.75, 3.05) is 6.61 Å². The quantitative estimate of drug-likeness (QED) is 0.521. The predicted octanol–water partition coefficient (Wildman–Crippen LogP) is 1.74. The molecule has 0 aromatic heterocycles. The Morgan fingerprint density at radius 1 is 1.70 bits per heavy atom. The first-order valence-electron chi connectivity index (χ1n) is 3.98. The Morgan fingerprint density at radius 3 is 3.20 bits per heavy atom. The topological polar surface area (TPSA) is 26.3 Å². The monoisotopic (exact) mass is 142 g/mol. The summed E-state index contributed by atoms with van der Waals surface area (Å²) in [6.07, 6.45) is 3.92. The number of carbonyl (C=O) groups is 1. The van der Waals surface area contributed by atoms with Gasteiger partial charge in [0.15, 0.2) is 0 Å². The van der Waals surface area contributed by atoms with E-state index in [9.17, 15) is 4.79 Å². The van der Waals surface area contributed by atoms with Crippen LogP contribution in [0.3, 0.4) is 0 Å². The number of ether oxygens (including phenoxy) is 1. The Kier molecular flexibility index (Phi) is 2.72. The van der Waals surface area contributed by atoms with Crippen molar-refractivity contribution < 1.29 is 9.53 Å². The van der Waals surface area contributed by atoms with Gasteiger partial charge >= 0.3 is 5.97 Å². The first-order chi connectivity index (χ1) is 4.83. The second-order valence-electron chi connectivity index (χ2n) is 2.85. The highest BCUT2D eigenvalue weighted by Crippen LogP contribution is 2.17. The maximum atomic E-state index is 10.7. The van der Waals surface area contributed by atoms with Crippen molar-refractivity contribution >= 4 is 5.97 Å². The van der Waals surface area contributed by atoms with Crippen LogP contribution in [-0.4, -0.2) is 12.6 Å². The number of esters is 1. The van der Waals surface area contributed by atoms with Crippen LogP contribution in [0.4, 0.5) is 0 Å². The van der Waals surface area contributed by atoms with Crippen molar-refractivity contribution in [3.8, 4) is 0 Å². The van der Waals surface area contributed by atoms with Crippen molar-refractivity contribution in [3.05, 3.63) is 0 Å². The summed E-state index contributed by atoms with van der Waals surface area (Å²) in [6, 6.07) is 0. The van der Waals surface area contributed by atoms with E-state index in [0.29, 0.717) is 18.9 Å². The van der Waals surface area contributed by atoms with Gasteiger partial charge in [0.1, 0.15) is 0 Å². The first kappa shape index (κ1) is 7.58. The molecule has 0 radical (unpaired) electrons. The number of rotatable bonds is 1. The SMILES string of the molecule is CCC1CCCC(=O)OC1. The Labute approximate surface area is 61.6 Å². The molecule has 0 spiro atoms. The van der Waals surface area contributed by atoms with E-state index < -0.39 is 0 Å². The van der Waals surface area contributed by atoms with E-state index in [-0.39, 0.29) is 5.97 Å². The van der Waals surface area contributed by atoms with Gasteiger partial charge in [0.05, 0.1) is 6.61 Å². The standard InChI is InChI=1S/C8H14O2/c1-2-7-4-3-5-8(9)10-6-7/h7H,2-6H2,1H3. The van der Waals surface area contributed by atoms with Gasteiger partial charge in [-0.15, -0.1) is 0 Å². The Balaban J connectivity index is 2.33. The molecule has 1 aliphatic rings. The van der Waals surface area contributed by atoms with Crippen LogP contribution in [-0.2, 0) is 9.53 Å². The lowest BCUT2D eigenvalue weighted by Gasteiger charge is -2.08. The maximum absolute atomic E-state index is 10.7. The average molecular weight is 142 g/mol. The highest BCUT2D eigenvalue weighted by atomic mass is 16.5. The Bertz CT molecular complexity index is 120. The molecular formula is C8H14O2. The number of cyclic esters (lactones) is 1. The third-order valence-electron chi connectivity index (χ3n) is 2.05. The molecular weight excluding hydrogens is 128 g/mol. The van der Waals surface area contributed by atoms with E-state index in [1.165, 1.54) is 0 Å². The molecule has 1 rings (SSSR count). The van der Waals surface area contributed by atoms with Crippen molar-refractivity contribution in [3.63, 3.8) is 0 Å². The van der Waals surface area contributed by atoms with Crippen LogP contribution >= 0.6 is 0 Å². The Hall–Kier alpha value is -0.530. The van der Waals surface area contributed by atoms with E-state index in [2.05, 4.69) is 6.92 Å². The fourth-order valence-electron chi connectivity index (χ4n) is 1.22. The van der Waals surface area contributed by atoms with Crippen LogP contribution in [0, 0.1) is 5.92 Å². The molecule has 1 aliphatic heterocycles. The molecule has 0 aromatic rings. The fourth-order valence-corrected chi connectivity index (χ4v) is 1.22. The molecule has 0 aliphatic carbocycles. The summed E-state index contributed by atoms with van der Waals surface area (Å²) >= 11 is 0. The van der Waals surface area contributed by atoms with Crippen molar-refractivity contribution in [2.45, 2.75) is 32.6 Å². The summed E-state index contributed by atoms with van der Waals surface area (Å²) in [7, 11) is 0. The lowest BCUT2D eigenvalue weighted by molar-refractivity contribution is -0.143. The zero-order valence-electron chi connectivity index (χ0n) is 6.43. The molecule has 0 bridgehead atoms. The lowest BCUT2D eigenvalue weighted by atomic mass is 10.0. The molecule has 1 fully saturated rings. The van der Waals surface area contributed by atoms with Gasteiger partial charge in [-0.1, -0.05) is 13.3 Å². The van der Waals surface area contributed by atoms with Crippen LogP contribution in [0.15, 0.2) is 0 Å². The van der Waals surface area contributed by atoms with Crippen LogP contribution in [0.1, 0.15) is 32.6 Å². The molecule has 1 saturated heterocycles. The molecule has 10 heavy (non-hydrogen) atoms. The van der Waals surface area contributed by atoms with Gasteiger partial charge in [0, 0.05) is 6.42 Å². The molecule has 1 atom stereocenters. The summed E-state index contributed by atoms with van der Waals surface area (Å²) in [6.45, 7) is 2.79. The third kappa shape index (κ3) is 2.01. The molecule has 0 aromatic carbocycles. The summed E-state index contributed by atoms with van der Waals surface area (Å²) in [5, 5.41) is 0. The summed E-state index contributed by atoms with van der Waals surface area (Å²) in [4.78, 5) is 10.7. The van der Waals surface area contributed by atoms with Gasteiger partial charge in [-0.2, -0.15) is 0 Å². The predicted molar refractivity (Wildman–Crippen MR) is 38.6 cm³/mol. The summed E-state index contributed by atoms with van der Waals surface area (Å²) in [5.41, 5.74) is 0. The third-order valence-corrected chi connectivity index (χ3v) is 2.05. The van der Waals surface area contributed by atoms with Crippen LogP contribution in [0.2, 0.25) is 0 Å². The van der Waals surface area contributed by atoms with Gasteiger partial charge in [-0.25, -0.2) is 0 Å². The van der Waals surface area contributed by atoms with Crippen molar-refractivity contribution in [2.24, 2.45) is 5.92 Å². The highest BCUT2D eigenvalue weighted by Gasteiger charge is 2.14. The average Bonchev–Trinajstić information content (AvgIpc) is 2.14. The van der Waals surface area contributed by atoms with Crippen molar-refractivity contribution in [1.29, 1.82) is 0 Å². The maximum Gasteiger partial charge on any atom is 0.305 e. The molecule has 0 saturated carbocycles. The lowest BCUT2D eigenvalue weighted by Crippen LogP contribution is -2.07. The van der Waals surface area contributed by atoms with Crippen LogP contribution in [0.25, 0.3) is 0 Å². The fraction of sp³-hybridized carbons (Fsp3) is 0.875. The molecule has 0 N–H and O–H groups in total. The molecule has 2 nitrogen and oxygen atoms in total. The minimum atomic E-state index is -0.0176. The molecule has 1 heterocycles. The molecule has 2 heteroatoms. The zero-order valence-corrected chi connectivity index (χ0v) is 6.43. The van der Waals surface area contributed by atoms with E-state index in [4.69, 9.17) is 4.74 Å². The molecule has 1 unspecified atom stereocenters. The van der Waals surface area contributed by atoms with Crippen LogP contribution < -0.4 is 0 Å². The van der Waals surface area contributed by atoms with Gasteiger partial charge in [-0.05, 0) is 18.8 Å². The van der Waals surface area contributed by atoms with E-state index >= 15 is 0 Å². The molecule has 58 valence electrons. The van der Waals surface area contributed by atoms with Gasteiger partial charge in [0.25, 0.3) is 0 Å². The van der Waals surface area contributed by atoms with Crippen LogP contribution in [0.5, 0.6) is 0 Å². The largest absolute Gasteiger partial charge is 0.465 e. The Morgan fingerprint density at radius 2 is 2.50 bits per heavy atom. The normalized spacial score (nSPS) is 27.3. The van der Waals surface area contributed by atoms with Gasteiger partial charge < -0.3 is 4.74 Å².